The van der Waals surface area contributed by atoms with Crippen LogP contribution in [0.3, 0.4) is 0 Å². The van der Waals surface area contributed by atoms with Crippen molar-refractivity contribution in [3.8, 4) is 0 Å². The molecule has 5 nitrogen and oxygen atoms in total. The fourth-order valence-corrected chi connectivity index (χ4v) is 5.18. The highest BCUT2D eigenvalue weighted by molar-refractivity contribution is 7.92. The Hall–Kier alpha value is -3.56. The Bertz CT molecular complexity index is 1490. The monoisotopic (exact) mass is 518 g/mol. The van der Waals surface area contributed by atoms with Crippen LogP contribution in [-0.4, -0.2) is 20.9 Å². The molecule has 0 unspecified atom stereocenters. The number of halogens is 4. The number of hydrogen-bond acceptors (Lipinski definition) is 3. The predicted molar refractivity (Wildman–Crippen MR) is 130 cm³/mol. The van der Waals surface area contributed by atoms with Gasteiger partial charge in [-0.2, -0.15) is 13.2 Å². The van der Waals surface area contributed by atoms with Crippen molar-refractivity contribution in [3.05, 3.63) is 102 Å². The van der Waals surface area contributed by atoms with Gasteiger partial charge in [-0.3, -0.25) is 9.10 Å². The van der Waals surface area contributed by atoms with Crippen molar-refractivity contribution < 1.29 is 26.4 Å². The molecule has 4 aromatic rings. The van der Waals surface area contributed by atoms with Gasteiger partial charge in [0.15, 0.2) is 0 Å². The lowest BCUT2D eigenvalue weighted by molar-refractivity contribution is -0.137. The largest absolute Gasteiger partial charge is 0.417 e. The van der Waals surface area contributed by atoms with Crippen LogP contribution in [0.4, 0.5) is 24.5 Å². The van der Waals surface area contributed by atoms with E-state index in [2.05, 4.69) is 5.32 Å². The zero-order valence-electron chi connectivity index (χ0n) is 18.0. The summed E-state index contributed by atoms with van der Waals surface area (Å²) in [6, 6.07) is 22.4. The van der Waals surface area contributed by atoms with Crippen LogP contribution in [-0.2, 0) is 21.0 Å². The first-order valence-electron chi connectivity index (χ1n) is 10.3. The highest BCUT2D eigenvalue weighted by Crippen LogP contribution is 2.38. The standard InChI is InChI=1S/C25H18ClF3N2O3S/c26-23-13-12-20(15-22(23)25(27,28)29)31(35(33,34)21-8-2-1-3-9-21)16-24(32)30-19-11-10-17-6-4-5-7-18(17)14-19/h1-15H,16H2,(H,30,32). The number of fused-ring (bicyclic) bond motifs is 1. The number of alkyl halides is 3. The number of sulfonamides is 1. The number of nitrogens with zero attached hydrogens (tertiary/aromatic N) is 1. The van der Waals surface area contributed by atoms with E-state index < -0.39 is 39.2 Å². The Morgan fingerprint density at radius 1 is 0.857 bits per heavy atom. The molecule has 10 heteroatoms. The minimum Gasteiger partial charge on any atom is -0.324 e. The molecule has 0 aliphatic heterocycles. The molecule has 0 radical (unpaired) electrons. The van der Waals surface area contributed by atoms with Crippen molar-refractivity contribution in [1.29, 1.82) is 0 Å². The maximum Gasteiger partial charge on any atom is 0.417 e. The number of benzene rings is 4. The molecule has 4 aromatic carbocycles. The molecule has 0 saturated heterocycles. The molecule has 35 heavy (non-hydrogen) atoms. The van der Waals surface area contributed by atoms with Gasteiger partial charge in [0.2, 0.25) is 5.91 Å². The first-order chi connectivity index (χ1) is 16.6. The second kappa shape index (κ2) is 9.59. The van der Waals surface area contributed by atoms with Crippen molar-refractivity contribution in [2.45, 2.75) is 11.1 Å². The molecule has 0 aliphatic rings. The Morgan fingerprint density at radius 3 is 2.20 bits per heavy atom. The second-order valence-corrected chi connectivity index (χ2v) is 9.87. The number of carbonyl (C=O) groups is 1. The van der Waals surface area contributed by atoms with Crippen LogP contribution in [0.1, 0.15) is 5.56 Å². The van der Waals surface area contributed by atoms with Gasteiger partial charge in [0.05, 0.1) is 21.2 Å². The smallest absolute Gasteiger partial charge is 0.324 e. The average Bonchev–Trinajstić information content (AvgIpc) is 2.83. The van der Waals surface area contributed by atoms with Gasteiger partial charge in [-0.1, -0.05) is 60.1 Å². The van der Waals surface area contributed by atoms with Crippen LogP contribution in [0.25, 0.3) is 10.8 Å². The summed E-state index contributed by atoms with van der Waals surface area (Å²) >= 11 is 5.71. The first-order valence-corrected chi connectivity index (χ1v) is 12.1. The first kappa shape index (κ1) is 24.6. The molecule has 0 bridgehead atoms. The molecule has 4 rings (SSSR count). The third-order valence-corrected chi connectivity index (χ3v) is 7.31. The summed E-state index contributed by atoms with van der Waals surface area (Å²) in [4.78, 5) is 12.7. The van der Waals surface area contributed by atoms with Gasteiger partial charge in [0.25, 0.3) is 10.0 Å². The summed E-state index contributed by atoms with van der Waals surface area (Å²) in [5, 5.41) is 3.83. The van der Waals surface area contributed by atoms with Gasteiger partial charge in [0.1, 0.15) is 6.54 Å². The minimum absolute atomic E-state index is 0.179. The normalized spacial score (nSPS) is 11.9. The van der Waals surface area contributed by atoms with Gasteiger partial charge in [-0.15, -0.1) is 0 Å². The fraction of sp³-hybridized carbons (Fsp3) is 0.0800. The van der Waals surface area contributed by atoms with Gasteiger partial charge < -0.3 is 5.32 Å². The molecule has 0 heterocycles. The number of nitrogens with one attached hydrogen (secondary N) is 1. The lowest BCUT2D eigenvalue weighted by atomic mass is 10.1. The van der Waals surface area contributed by atoms with Crippen molar-refractivity contribution in [1.82, 2.24) is 0 Å². The molecule has 0 aliphatic carbocycles. The van der Waals surface area contributed by atoms with Crippen LogP contribution < -0.4 is 9.62 Å². The van der Waals surface area contributed by atoms with E-state index in [0.29, 0.717) is 16.1 Å². The number of amides is 1. The van der Waals surface area contributed by atoms with E-state index in [-0.39, 0.29) is 10.6 Å². The lowest BCUT2D eigenvalue weighted by Crippen LogP contribution is -2.38. The van der Waals surface area contributed by atoms with Crippen molar-refractivity contribution in [2.24, 2.45) is 0 Å². The fourth-order valence-electron chi connectivity index (χ4n) is 3.52. The zero-order valence-corrected chi connectivity index (χ0v) is 19.5. The van der Waals surface area contributed by atoms with E-state index in [0.717, 1.165) is 22.9 Å². The number of anilines is 2. The van der Waals surface area contributed by atoms with Crippen LogP contribution in [0.15, 0.2) is 95.9 Å². The maximum absolute atomic E-state index is 13.5. The van der Waals surface area contributed by atoms with Crippen LogP contribution in [0, 0.1) is 0 Å². The maximum atomic E-state index is 13.5. The summed E-state index contributed by atoms with van der Waals surface area (Å²) in [7, 11) is -4.39. The molecule has 1 N–H and O–H groups in total. The Morgan fingerprint density at radius 2 is 1.51 bits per heavy atom. The predicted octanol–water partition coefficient (Wildman–Crippen LogP) is 6.35. The van der Waals surface area contributed by atoms with E-state index >= 15 is 0 Å². The zero-order chi connectivity index (χ0) is 25.2. The molecular formula is C25H18ClF3N2O3S. The van der Waals surface area contributed by atoms with Gasteiger partial charge in [-0.05, 0) is 53.2 Å². The second-order valence-electron chi connectivity index (χ2n) is 7.60. The molecular weight excluding hydrogens is 501 g/mol. The number of carbonyl (C=O) groups excluding carboxylic acids is 1. The highest BCUT2D eigenvalue weighted by atomic mass is 35.5. The van der Waals surface area contributed by atoms with E-state index in [1.54, 1.807) is 24.3 Å². The van der Waals surface area contributed by atoms with Gasteiger partial charge in [0, 0.05) is 5.69 Å². The van der Waals surface area contributed by atoms with Gasteiger partial charge >= 0.3 is 6.18 Å². The molecule has 0 saturated carbocycles. The molecule has 0 atom stereocenters. The molecule has 180 valence electrons. The average molecular weight is 519 g/mol. The Balaban J connectivity index is 1.71. The summed E-state index contributed by atoms with van der Waals surface area (Å²) in [6.07, 6.45) is -4.82. The van der Waals surface area contributed by atoms with E-state index in [4.69, 9.17) is 11.6 Å². The number of rotatable bonds is 6. The summed E-state index contributed by atoms with van der Waals surface area (Å²) in [5.74, 6) is -0.733. The van der Waals surface area contributed by atoms with E-state index in [9.17, 15) is 26.4 Å². The third-order valence-electron chi connectivity index (χ3n) is 5.19. The third kappa shape index (κ3) is 5.41. The minimum atomic E-state index is -4.82. The van der Waals surface area contributed by atoms with Gasteiger partial charge in [-0.25, -0.2) is 8.42 Å². The molecule has 0 fully saturated rings. The van der Waals surface area contributed by atoms with E-state index in [1.807, 2.05) is 24.3 Å². The van der Waals surface area contributed by atoms with Crippen molar-refractivity contribution >= 4 is 49.7 Å². The topological polar surface area (TPSA) is 66.5 Å². The van der Waals surface area contributed by atoms with E-state index in [1.165, 1.54) is 24.3 Å². The van der Waals surface area contributed by atoms with Crippen LogP contribution in [0.5, 0.6) is 0 Å². The number of hydrogen-bond donors (Lipinski definition) is 1. The van der Waals surface area contributed by atoms with Crippen molar-refractivity contribution in [3.63, 3.8) is 0 Å². The lowest BCUT2D eigenvalue weighted by Gasteiger charge is -2.25. The summed E-state index contributed by atoms with van der Waals surface area (Å²) in [5.41, 5.74) is -1.14. The molecule has 0 spiro atoms. The summed E-state index contributed by atoms with van der Waals surface area (Å²) < 4.78 is 67.7. The Labute approximate surface area is 204 Å². The SMILES string of the molecule is O=C(CN(c1ccc(Cl)c(C(F)(F)F)c1)S(=O)(=O)c1ccccc1)Nc1ccc2ccccc2c1. The highest BCUT2D eigenvalue weighted by Gasteiger charge is 2.35. The van der Waals surface area contributed by atoms with Crippen LogP contribution >= 0.6 is 11.6 Å². The van der Waals surface area contributed by atoms with Crippen LogP contribution in [0.2, 0.25) is 5.02 Å². The molecule has 1 amide bonds. The van der Waals surface area contributed by atoms with Crippen molar-refractivity contribution in [2.75, 3.05) is 16.2 Å². The quantitative estimate of drug-likeness (QED) is 0.323. The molecule has 0 aromatic heterocycles. The Kier molecular flexibility index (Phi) is 6.73. The summed E-state index contributed by atoms with van der Waals surface area (Å²) in [6.45, 7) is -0.761.